The fourth-order valence-corrected chi connectivity index (χ4v) is 11.3. The molecule has 0 saturated heterocycles. The zero-order chi connectivity index (χ0) is 23.5. The Labute approximate surface area is 197 Å². The summed E-state index contributed by atoms with van der Waals surface area (Å²) in [5.41, 5.74) is 0.833. The molecule has 1 N–H and O–H groups in total. The van der Waals surface area contributed by atoms with Crippen LogP contribution >= 0.6 is 0 Å². The lowest BCUT2D eigenvalue weighted by atomic mass is 9.31. The molecule has 5 rings (SSSR count). The summed E-state index contributed by atoms with van der Waals surface area (Å²) >= 11 is 0. The number of aliphatic hydroxyl groups is 1. The number of ketones is 1. The predicted molar refractivity (Wildman–Crippen MR) is 131 cm³/mol. The van der Waals surface area contributed by atoms with Crippen molar-refractivity contribution in [1.29, 1.82) is 0 Å². The van der Waals surface area contributed by atoms with Crippen LogP contribution in [0.1, 0.15) is 113 Å². The molecular weight excluding hydrogens is 392 g/mol. The second-order valence-electron chi connectivity index (χ2n) is 15.1. The lowest BCUT2D eigenvalue weighted by Gasteiger charge is -2.73. The predicted octanol–water partition coefficient (Wildman–Crippen LogP) is 7.28. The molecule has 5 aliphatic rings. The van der Waals surface area contributed by atoms with E-state index >= 15 is 0 Å². The van der Waals surface area contributed by atoms with Crippen molar-refractivity contribution in [2.45, 2.75) is 119 Å². The largest absolute Gasteiger partial charge is 0.393 e. The van der Waals surface area contributed by atoms with Crippen molar-refractivity contribution < 1.29 is 9.90 Å². The quantitative estimate of drug-likeness (QED) is 0.428. The molecule has 5 saturated carbocycles. The van der Waals surface area contributed by atoms with Crippen LogP contribution in [0.2, 0.25) is 0 Å². The van der Waals surface area contributed by atoms with Gasteiger partial charge in [-0.15, -0.1) is 0 Å². The molecule has 5 fully saturated rings. The van der Waals surface area contributed by atoms with Crippen LogP contribution in [-0.2, 0) is 4.79 Å². The van der Waals surface area contributed by atoms with E-state index in [1.54, 1.807) is 0 Å². The molecule has 0 radical (unpaired) electrons. The molecular formula is C30H50O2. The summed E-state index contributed by atoms with van der Waals surface area (Å²) in [7, 11) is 0. The van der Waals surface area contributed by atoms with E-state index in [0.29, 0.717) is 34.9 Å². The third-order valence-corrected chi connectivity index (χ3v) is 13.8. The van der Waals surface area contributed by atoms with Gasteiger partial charge in [-0.05, 0) is 108 Å². The average Bonchev–Trinajstić information content (AvgIpc) is 2.71. The summed E-state index contributed by atoms with van der Waals surface area (Å²) in [4.78, 5) is 14.3. The summed E-state index contributed by atoms with van der Waals surface area (Å²) in [6.07, 6.45) is 10.2. The number of hydrogen-bond acceptors (Lipinski definition) is 2. The number of Topliss-reactive ketones (excluding diaryl/α,β-unsaturated/α-hetero) is 1. The summed E-state index contributed by atoms with van der Waals surface area (Å²) in [6.45, 7) is 19.7. The fraction of sp³-hybridized carbons (Fsp3) is 0.967. The highest BCUT2D eigenvalue weighted by atomic mass is 16.3. The maximum atomic E-state index is 14.3. The van der Waals surface area contributed by atoms with Crippen molar-refractivity contribution in [3.8, 4) is 0 Å². The van der Waals surface area contributed by atoms with Gasteiger partial charge in [0.25, 0.3) is 0 Å². The Morgan fingerprint density at radius 2 is 1.47 bits per heavy atom. The maximum Gasteiger partial charge on any atom is 0.137 e. The van der Waals surface area contributed by atoms with Crippen molar-refractivity contribution in [2.75, 3.05) is 0 Å². The van der Waals surface area contributed by atoms with E-state index in [0.717, 1.165) is 25.2 Å². The van der Waals surface area contributed by atoms with Gasteiger partial charge in [0.05, 0.1) is 6.10 Å². The van der Waals surface area contributed by atoms with Gasteiger partial charge in [0.15, 0.2) is 0 Å². The number of aliphatic hydroxyl groups excluding tert-OH is 1. The van der Waals surface area contributed by atoms with Crippen molar-refractivity contribution in [1.82, 2.24) is 0 Å². The van der Waals surface area contributed by atoms with Crippen LogP contribution in [-0.4, -0.2) is 17.0 Å². The van der Waals surface area contributed by atoms with Crippen LogP contribution < -0.4 is 0 Å². The van der Waals surface area contributed by atoms with Gasteiger partial charge in [0, 0.05) is 12.3 Å². The first-order chi connectivity index (χ1) is 14.7. The van der Waals surface area contributed by atoms with Gasteiger partial charge in [0.1, 0.15) is 5.78 Å². The third-order valence-electron chi connectivity index (χ3n) is 13.8. The van der Waals surface area contributed by atoms with Crippen LogP contribution in [0.15, 0.2) is 0 Å². The summed E-state index contributed by atoms with van der Waals surface area (Å²) < 4.78 is 0. The van der Waals surface area contributed by atoms with Crippen LogP contribution in [0.5, 0.6) is 0 Å². The lowest BCUT2D eigenvalue weighted by Crippen LogP contribution is -2.69. The zero-order valence-electron chi connectivity index (χ0n) is 22.3. The average molecular weight is 443 g/mol. The van der Waals surface area contributed by atoms with E-state index < -0.39 is 0 Å². The Hall–Kier alpha value is -0.370. The molecule has 0 bridgehead atoms. The third kappa shape index (κ3) is 2.66. The Morgan fingerprint density at radius 3 is 2.16 bits per heavy atom. The highest BCUT2D eigenvalue weighted by molar-refractivity contribution is 5.84. The molecule has 11 atom stereocenters. The Bertz CT molecular complexity index is 801. The number of carbonyl (C=O) groups excluding carboxylic acids is 1. The van der Waals surface area contributed by atoms with E-state index in [1.807, 2.05) is 0 Å². The minimum absolute atomic E-state index is 0.0480. The van der Waals surface area contributed by atoms with Gasteiger partial charge in [-0.3, -0.25) is 4.79 Å². The molecule has 0 spiro atoms. The monoisotopic (exact) mass is 442 g/mol. The number of hydrogen-bond donors (Lipinski definition) is 1. The summed E-state index contributed by atoms with van der Waals surface area (Å²) in [5.74, 6) is 3.80. The Morgan fingerprint density at radius 1 is 0.781 bits per heavy atom. The van der Waals surface area contributed by atoms with E-state index in [4.69, 9.17) is 0 Å². The second-order valence-corrected chi connectivity index (χ2v) is 15.1. The molecule has 0 heterocycles. The van der Waals surface area contributed by atoms with E-state index in [1.165, 1.54) is 38.5 Å². The van der Waals surface area contributed by atoms with Gasteiger partial charge in [-0.1, -0.05) is 55.4 Å². The molecule has 2 nitrogen and oxygen atoms in total. The van der Waals surface area contributed by atoms with Gasteiger partial charge >= 0.3 is 0 Å². The van der Waals surface area contributed by atoms with E-state index in [-0.39, 0.29) is 33.7 Å². The van der Waals surface area contributed by atoms with Crippen molar-refractivity contribution in [3.63, 3.8) is 0 Å². The first kappa shape index (κ1) is 23.4. The Kier molecular flexibility index (Phi) is 5.01. The van der Waals surface area contributed by atoms with Crippen LogP contribution in [0, 0.1) is 62.6 Å². The first-order valence-electron chi connectivity index (χ1n) is 13.9. The molecule has 0 aliphatic heterocycles. The van der Waals surface area contributed by atoms with Gasteiger partial charge in [-0.2, -0.15) is 0 Å². The number of rotatable bonds is 0. The minimum atomic E-state index is -0.201. The van der Waals surface area contributed by atoms with Crippen LogP contribution in [0.4, 0.5) is 0 Å². The molecule has 0 unspecified atom stereocenters. The normalized spacial score (nSPS) is 59.4. The maximum absolute atomic E-state index is 14.3. The summed E-state index contributed by atoms with van der Waals surface area (Å²) in [6, 6.07) is 0. The van der Waals surface area contributed by atoms with Crippen LogP contribution in [0.3, 0.4) is 0 Å². The van der Waals surface area contributed by atoms with E-state index in [2.05, 4.69) is 55.4 Å². The molecule has 2 heteroatoms. The standard InChI is InChI=1S/C30H50O2/c1-18-9-12-27(5)15-16-30(8)25(24(27)19(18)2)20(31)17-22-28(6)13-11-23(32)26(3,4)21(28)10-14-29(22,30)7/h18-19,21-25,32H,9-17H2,1-8H3/t18-,19+,21-,22-,23+,24-,25+,27-,28-,29+,30+/m1/s1. The molecule has 182 valence electrons. The van der Waals surface area contributed by atoms with Crippen molar-refractivity contribution in [3.05, 3.63) is 0 Å². The SMILES string of the molecule is C[C@@H]1[C@@H]2[C@@H]3C(=O)C[C@@H]4[C@]5(C)CC[C@H](O)C(C)(C)[C@H]5CC[C@]4(C)[C@@]3(C)CC[C@@]2(C)CC[C@H]1C. The highest BCUT2D eigenvalue weighted by Crippen LogP contribution is 2.76. The summed E-state index contributed by atoms with van der Waals surface area (Å²) in [5, 5.41) is 10.9. The lowest BCUT2D eigenvalue weighted by molar-refractivity contribution is -0.246. The molecule has 0 aromatic rings. The number of fused-ring (bicyclic) bond motifs is 7. The van der Waals surface area contributed by atoms with Gasteiger partial charge in [-0.25, -0.2) is 0 Å². The van der Waals surface area contributed by atoms with Crippen molar-refractivity contribution in [2.24, 2.45) is 62.6 Å². The van der Waals surface area contributed by atoms with E-state index in [9.17, 15) is 9.90 Å². The second kappa shape index (κ2) is 6.86. The molecule has 5 aliphatic carbocycles. The molecule has 0 aromatic carbocycles. The smallest absolute Gasteiger partial charge is 0.137 e. The van der Waals surface area contributed by atoms with Crippen molar-refractivity contribution >= 4 is 5.78 Å². The van der Waals surface area contributed by atoms with Crippen LogP contribution in [0.25, 0.3) is 0 Å². The van der Waals surface area contributed by atoms with Gasteiger partial charge in [0.2, 0.25) is 0 Å². The Balaban J connectivity index is 1.59. The number of carbonyl (C=O) groups is 1. The first-order valence-corrected chi connectivity index (χ1v) is 13.9. The topological polar surface area (TPSA) is 37.3 Å². The van der Waals surface area contributed by atoms with Gasteiger partial charge < -0.3 is 5.11 Å². The molecule has 0 aromatic heterocycles. The zero-order valence-corrected chi connectivity index (χ0v) is 22.3. The molecule has 0 amide bonds. The fourth-order valence-electron chi connectivity index (χ4n) is 11.3. The highest BCUT2D eigenvalue weighted by Gasteiger charge is 2.71. The minimum Gasteiger partial charge on any atom is -0.393 e. The molecule has 32 heavy (non-hydrogen) atoms.